The van der Waals surface area contributed by atoms with Crippen LogP contribution < -0.4 is 5.32 Å². The molecule has 3 nitrogen and oxygen atoms in total. The van der Waals surface area contributed by atoms with Crippen LogP contribution in [-0.4, -0.2) is 12.5 Å². The van der Waals surface area contributed by atoms with Gasteiger partial charge in [0.15, 0.2) is 0 Å². The molecule has 0 aliphatic rings. The van der Waals surface area contributed by atoms with Crippen molar-refractivity contribution in [2.24, 2.45) is 10.8 Å². The average Bonchev–Trinajstić information content (AvgIpc) is 2.32. The highest BCUT2D eigenvalue weighted by Crippen LogP contribution is 2.18. The molecule has 0 aliphatic carbocycles. The second-order valence-electron chi connectivity index (χ2n) is 7.44. The lowest BCUT2D eigenvalue weighted by molar-refractivity contribution is -0.154. The van der Waals surface area contributed by atoms with Gasteiger partial charge in [-0.15, -0.1) is 0 Å². The third kappa shape index (κ3) is 6.09. The molecule has 1 rings (SSSR count). The van der Waals surface area contributed by atoms with Crippen LogP contribution in [0.2, 0.25) is 0 Å². The maximum absolute atomic E-state index is 11.7. The largest absolute Gasteiger partial charge is 0.460 e. The number of nitrogens with one attached hydrogen (secondary N) is 1. The Balaban J connectivity index is 2.49. The lowest BCUT2D eigenvalue weighted by Crippen LogP contribution is -2.22. The first-order valence-corrected chi connectivity index (χ1v) is 7.08. The van der Waals surface area contributed by atoms with Crippen molar-refractivity contribution in [3.63, 3.8) is 0 Å². The van der Waals surface area contributed by atoms with Crippen molar-refractivity contribution in [1.29, 1.82) is 0 Å². The normalized spacial score (nSPS) is 12.1. The maximum atomic E-state index is 11.7. The number of hydrogen-bond donors (Lipinski definition) is 1. The van der Waals surface area contributed by atoms with Gasteiger partial charge in [0.1, 0.15) is 6.61 Å². The summed E-state index contributed by atoms with van der Waals surface area (Å²) in [7, 11) is 0. The first-order chi connectivity index (χ1) is 9.08. The first kappa shape index (κ1) is 16.5. The van der Waals surface area contributed by atoms with Crippen LogP contribution in [0.15, 0.2) is 24.3 Å². The van der Waals surface area contributed by atoms with Crippen LogP contribution in [0.3, 0.4) is 0 Å². The summed E-state index contributed by atoms with van der Waals surface area (Å²) < 4.78 is 5.29. The Morgan fingerprint density at radius 3 is 2.05 bits per heavy atom. The zero-order chi connectivity index (χ0) is 15.4. The summed E-state index contributed by atoms with van der Waals surface area (Å²) in [6.07, 6.45) is 0. The van der Waals surface area contributed by atoms with Gasteiger partial charge in [0.2, 0.25) is 0 Å². The predicted molar refractivity (Wildman–Crippen MR) is 83.6 cm³/mol. The van der Waals surface area contributed by atoms with Crippen molar-refractivity contribution < 1.29 is 9.53 Å². The average molecular weight is 277 g/mol. The number of hydrogen-bond acceptors (Lipinski definition) is 3. The van der Waals surface area contributed by atoms with Crippen molar-refractivity contribution in [3.8, 4) is 0 Å². The fourth-order valence-corrected chi connectivity index (χ4v) is 1.45. The van der Waals surface area contributed by atoms with Gasteiger partial charge in [-0.25, -0.2) is 0 Å². The third-order valence-corrected chi connectivity index (χ3v) is 2.76. The molecule has 1 N–H and O–H groups in total. The summed E-state index contributed by atoms with van der Waals surface area (Å²) in [5.41, 5.74) is 1.89. The Kier molecular flexibility index (Phi) is 5.21. The Labute approximate surface area is 122 Å². The SMILES string of the molecule is CC(C)(C)CNc1ccc(COC(=O)C(C)(C)C)cc1. The molecule has 112 valence electrons. The molecule has 3 heteroatoms. The second kappa shape index (κ2) is 6.29. The monoisotopic (exact) mass is 277 g/mol. The lowest BCUT2D eigenvalue weighted by Gasteiger charge is -2.20. The van der Waals surface area contributed by atoms with E-state index >= 15 is 0 Å². The van der Waals surface area contributed by atoms with E-state index in [0.29, 0.717) is 6.61 Å². The molecule has 1 aromatic carbocycles. The van der Waals surface area contributed by atoms with Crippen molar-refractivity contribution in [2.45, 2.75) is 48.1 Å². The number of carbonyl (C=O) groups excluding carboxylic acids is 1. The third-order valence-electron chi connectivity index (χ3n) is 2.76. The van der Waals surface area contributed by atoms with E-state index in [1.54, 1.807) is 0 Å². The van der Waals surface area contributed by atoms with Gasteiger partial charge in [0.25, 0.3) is 0 Å². The van der Waals surface area contributed by atoms with Gasteiger partial charge in [-0.1, -0.05) is 32.9 Å². The molecule has 0 saturated carbocycles. The van der Waals surface area contributed by atoms with Gasteiger partial charge in [-0.2, -0.15) is 0 Å². The van der Waals surface area contributed by atoms with Crippen molar-refractivity contribution in [2.75, 3.05) is 11.9 Å². The molecule has 1 aromatic rings. The minimum Gasteiger partial charge on any atom is -0.460 e. The van der Waals surface area contributed by atoms with Crippen LogP contribution in [-0.2, 0) is 16.1 Å². The van der Waals surface area contributed by atoms with Gasteiger partial charge < -0.3 is 10.1 Å². The minimum absolute atomic E-state index is 0.174. The molecule has 0 spiro atoms. The minimum atomic E-state index is -0.450. The Hall–Kier alpha value is -1.51. The molecule has 0 radical (unpaired) electrons. The predicted octanol–water partition coefficient (Wildman–Crippen LogP) is 4.23. The number of benzene rings is 1. The van der Waals surface area contributed by atoms with E-state index in [-0.39, 0.29) is 11.4 Å². The molecule has 20 heavy (non-hydrogen) atoms. The van der Waals surface area contributed by atoms with E-state index in [2.05, 4.69) is 26.1 Å². The van der Waals surface area contributed by atoms with E-state index in [1.807, 2.05) is 45.0 Å². The highest BCUT2D eigenvalue weighted by molar-refractivity contribution is 5.75. The Bertz CT molecular complexity index is 436. The number of anilines is 1. The van der Waals surface area contributed by atoms with Crippen LogP contribution in [0, 0.1) is 10.8 Å². The van der Waals surface area contributed by atoms with Crippen LogP contribution in [0.5, 0.6) is 0 Å². The number of ether oxygens (including phenoxy) is 1. The van der Waals surface area contributed by atoms with Gasteiger partial charge in [0, 0.05) is 12.2 Å². The highest BCUT2D eigenvalue weighted by Gasteiger charge is 2.22. The fourth-order valence-electron chi connectivity index (χ4n) is 1.45. The molecule has 0 aliphatic heterocycles. The van der Waals surface area contributed by atoms with Gasteiger partial charge >= 0.3 is 5.97 Å². The first-order valence-electron chi connectivity index (χ1n) is 7.08. The molecule has 0 fully saturated rings. The summed E-state index contributed by atoms with van der Waals surface area (Å²) in [6.45, 7) is 13.4. The standard InChI is InChI=1S/C17H27NO2/c1-16(2,3)12-18-14-9-7-13(8-10-14)11-20-15(19)17(4,5)6/h7-10,18H,11-12H2,1-6H3. The van der Waals surface area contributed by atoms with Gasteiger partial charge in [-0.05, 0) is 43.9 Å². The number of carbonyl (C=O) groups is 1. The van der Waals surface area contributed by atoms with E-state index < -0.39 is 5.41 Å². The molecular weight excluding hydrogens is 250 g/mol. The van der Waals surface area contributed by atoms with Crippen molar-refractivity contribution in [1.82, 2.24) is 0 Å². The van der Waals surface area contributed by atoms with Gasteiger partial charge in [-0.3, -0.25) is 4.79 Å². The van der Waals surface area contributed by atoms with Crippen LogP contribution >= 0.6 is 0 Å². The van der Waals surface area contributed by atoms with Crippen LogP contribution in [0.25, 0.3) is 0 Å². The Morgan fingerprint density at radius 2 is 1.60 bits per heavy atom. The molecular formula is C17H27NO2. The summed E-state index contributed by atoms with van der Waals surface area (Å²) >= 11 is 0. The molecule has 0 bridgehead atoms. The fraction of sp³-hybridized carbons (Fsp3) is 0.588. The maximum Gasteiger partial charge on any atom is 0.311 e. The van der Waals surface area contributed by atoms with Gasteiger partial charge in [0.05, 0.1) is 5.41 Å². The molecule has 0 atom stereocenters. The van der Waals surface area contributed by atoms with Crippen LogP contribution in [0.4, 0.5) is 5.69 Å². The molecule has 0 amide bonds. The number of rotatable bonds is 4. The summed E-state index contributed by atoms with van der Waals surface area (Å²) in [5.74, 6) is -0.174. The zero-order valence-corrected chi connectivity index (χ0v) is 13.5. The summed E-state index contributed by atoms with van der Waals surface area (Å²) in [5, 5.41) is 3.39. The van der Waals surface area contributed by atoms with Crippen molar-refractivity contribution in [3.05, 3.63) is 29.8 Å². The summed E-state index contributed by atoms with van der Waals surface area (Å²) in [6, 6.07) is 8.01. The topological polar surface area (TPSA) is 38.3 Å². The van der Waals surface area contributed by atoms with E-state index in [0.717, 1.165) is 17.8 Å². The van der Waals surface area contributed by atoms with E-state index in [4.69, 9.17) is 4.74 Å². The smallest absolute Gasteiger partial charge is 0.311 e. The second-order valence-corrected chi connectivity index (χ2v) is 7.44. The quantitative estimate of drug-likeness (QED) is 0.837. The van der Waals surface area contributed by atoms with Crippen LogP contribution in [0.1, 0.15) is 47.1 Å². The summed E-state index contributed by atoms with van der Waals surface area (Å²) in [4.78, 5) is 11.7. The zero-order valence-electron chi connectivity index (χ0n) is 13.5. The molecule has 0 heterocycles. The van der Waals surface area contributed by atoms with E-state index in [1.165, 1.54) is 0 Å². The molecule has 0 unspecified atom stereocenters. The van der Waals surface area contributed by atoms with E-state index in [9.17, 15) is 4.79 Å². The molecule has 0 saturated heterocycles. The highest BCUT2D eigenvalue weighted by atomic mass is 16.5. The Morgan fingerprint density at radius 1 is 1.05 bits per heavy atom. The number of esters is 1. The van der Waals surface area contributed by atoms with Crippen molar-refractivity contribution >= 4 is 11.7 Å². The lowest BCUT2D eigenvalue weighted by atomic mass is 9.97. The molecule has 0 aromatic heterocycles.